The minimum atomic E-state index is -0.512. The molecule has 0 amide bonds. The van der Waals surface area contributed by atoms with Gasteiger partial charge in [0.1, 0.15) is 5.60 Å². The van der Waals surface area contributed by atoms with Gasteiger partial charge in [0.05, 0.1) is 12.0 Å². The molecule has 120 valence electrons. The van der Waals surface area contributed by atoms with Crippen LogP contribution < -0.4 is 0 Å². The fourth-order valence-corrected chi connectivity index (χ4v) is 3.59. The molecule has 21 heavy (non-hydrogen) atoms. The van der Waals surface area contributed by atoms with Gasteiger partial charge in [-0.3, -0.25) is 0 Å². The van der Waals surface area contributed by atoms with E-state index < -0.39 is 11.7 Å². The van der Waals surface area contributed by atoms with E-state index in [0.717, 1.165) is 19.3 Å². The zero-order valence-electron chi connectivity index (χ0n) is 13.8. The van der Waals surface area contributed by atoms with Crippen molar-refractivity contribution in [3.63, 3.8) is 0 Å². The molecule has 1 aliphatic carbocycles. The minimum absolute atomic E-state index is 0.138. The second-order valence-electron chi connectivity index (χ2n) is 6.87. The Morgan fingerprint density at radius 3 is 2.62 bits per heavy atom. The van der Waals surface area contributed by atoms with Gasteiger partial charge in [-0.25, -0.2) is 0 Å². The quantitative estimate of drug-likeness (QED) is 0.903. The summed E-state index contributed by atoms with van der Waals surface area (Å²) in [6.07, 6.45) is 3.67. The van der Waals surface area contributed by atoms with Crippen molar-refractivity contribution in [1.82, 2.24) is 10.1 Å². The largest absolute Gasteiger partial charge is 0.393 e. The lowest BCUT2D eigenvalue weighted by molar-refractivity contribution is -0.0658. The van der Waals surface area contributed by atoms with Crippen molar-refractivity contribution in [2.75, 3.05) is 7.11 Å². The molecular weight excluding hydrogens is 268 g/mol. The van der Waals surface area contributed by atoms with E-state index >= 15 is 0 Å². The average molecular weight is 296 g/mol. The Bertz CT molecular complexity index is 450. The zero-order chi connectivity index (χ0) is 15.6. The maximum absolute atomic E-state index is 9.96. The lowest BCUT2D eigenvalue weighted by atomic mass is 9.78. The molecule has 1 aromatic rings. The molecule has 0 aliphatic heterocycles. The van der Waals surface area contributed by atoms with Crippen LogP contribution in [-0.2, 0) is 10.3 Å². The molecule has 0 saturated heterocycles. The highest BCUT2D eigenvalue weighted by Crippen LogP contribution is 2.41. The van der Waals surface area contributed by atoms with Crippen LogP contribution in [-0.4, -0.2) is 28.5 Å². The number of aromatic nitrogens is 2. The van der Waals surface area contributed by atoms with Gasteiger partial charge in [0.25, 0.3) is 0 Å². The van der Waals surface area contributed by atoms with Crippen molar-refractivity contribution in [1.29, 1.82) is 0 Å². The molecular formula is C16H28N2O3. The maximum Gasteiger partial charge on any atom is 0.232 e. The van der Waals surface area contributed by atoms with E-state index in [2.05, 4.69) is 30.9 Å². The summed E-state index contributed by atoms with van der Waals surface area (Å²) >= 11 is 0. The molecule has 5 heteroatoms. The van der Waals surface area contributed by atoms with Crippen molar-refractivity contribution in [2.24, 2.45) is 11.8 Å². The van der Waals surface area contributed by atoms with E-state index in [1.165, 1.54) is 6.42 Å². The van der Waals surface area contributed by atoms with E-state index in [1.54, 1.807) is 14.0 Å². The Labute approximate surface area is 127 Å². The summed E-state index contributed by atoms with van der Waals surface area (Å²) in [6, 6.07) is 0. The first-order valence-electron chi connectivity index (χ1n) is 7.97. The maximum atomic E-state index is 9.96. The van der Waals surface area contributed by atoms with E-state index in [4.69, 9.17) is 9.26 Å². The third-order valence-corrected chi connectivity index (χ3v) is 4.72. The SMILES string of the molecule is COC1(c2noc(C(C(C)C)C(C)O)n2)CCCC(C)C1. The third-order valence-electron chi connectivity index (χ3n) is 4.72. The van der Waals surface area contributed by atoms with Crippen molar-refractivity contribution in [3.05, 3.63) is 11.7 Å². The molecule has 4 unspecified atom stereocenters. The molecule has 1 aromatic heterocycles. The predicted molar refractivity (Wildman–Crippen MR) is 79.9 cm³/mol. The average Bonchev–Trinajstić information content (AvgIpc) is 2.87. The number of aliphatic hydroxyl groups is 1. The van der Waals surface area contributed by atoms with Gasteiger partial charge in [-0.15, -0.1) is 0 Å². The normalized spacial score (nSPS) is 29.6. The van der Waals surface area contributed by atoms with Gasteiger partial charge >= 0.3 is 0 Å². The van der Waals surface area contributed by atoms with Gasteiger partial charge in [0.15, 0.2) is 0 Å². The van der Waals surface area contributed by atoms with Crippen molar-refractivity contribution in [3.8, 4) is 0 Å². The van der Waals surface area contributed by atoms with Gasteiger partial charge in [-0.2, -0.15) is 4.98 Å². The number of aliphatic hydroxyl groups excluding tert-OH is 1. The first kappa shape index (κ1) is 16.4. The number of nitrogens with zero attached hydrogens (tertiary/aromatic N) is 2. The van der Waals surface area contributed by atoms with Gasteiger partial charge in [0, 0.05) is 7.11 Å². The number of rotatable bonds is 5. The molecule has 2 rings (SSSR count). The fraction of sp³-hybridized carbons (Fsp3) is 0.875. The standard InChI is InChI=1S/C16H28N2O3/c1-10(2)13(12(4)19)14-17-15(18-21-14)16(20-5)8-6-7-11(3)9-16/h10-13,19H,6-9H2,1-5H3. The molecule has 0 bridgehead atoms. The molecule has 1 N–H and O–H groups in total. The number of methoxy groups -OCH3 is 1. The highest BCUT2D eigenvalue weighted by molar-refractivity contribution is 5.07. The van der Waals surface area contributed by atoms with Crippen molar-refractivity contribution < 1.29 is 14.4 Å². The summed E-state index contributed by atoms with van der Waals surface area (Å²) in [7, 11) is 1.72. The third kappa shape index (κ3) is 3.29. The fourth-order valence-electron chi connectivity index (χ4n) is 3.59. The molecule has 1 fully saturated rings. The molecule has 1 saturated carbocycles. The first-order valence-corrected chi connectivity index (χ1v) is 7.97. The lowest BCUT2D eigenvalue weighted by Gasteiger charge is -2.36. The summed E-state index contributed by atoms with van der Waals surface area (Å²) in [5.74, 6) is 1.85. The molecule has 0 aromatic carbocycles. The summed E-state index contributed by atoms with van der Waals surface area (Å²) in [5, 5.41) is 14.1. The lowest BCUT2D eigenvalue weighted by Crippen LogP contribution is -2.35. The summed E-state index contributed by atoms with van der Waals surface area (Å²) in [6.45, 7) is 8.11. The smallest absolute Gasteiger partial charge is 0.232 e. The summed E-state index contributed by atoms with van der Waals surface area (Å²) < 4.78 is 11.3. The molecule has 1 heterocycles. The zero-order valence-corrected chi connectivity index (χ0v) is 13.8. The van der Waals surface area contributed by atoms with Crippen LogP contribution in [0.2, 0.25) is 0 Å². The molecule has 1 aliphatic rings. The summed E-state index contributed by atoms with van der Waals surface area (Å²) in [4.78, 5) is 4.59. The van der Waals surface area contributed by atoms with Crippen molar-refractivity contribution in [2.45, 2.75) is 71.0 Å². The monoisotopic (exact) mass is 296 g/mol. The Morgan fingerprint density at radius 2 is 2.10 bits per heavy atom. The summed E-state index contributed by atoms with van der Waals surface area (Å²) in [5.41, 5.74) is -0.431. The topological polar surface area (TPSA) is 68.4 Å². The number of ether oxygens (including phenoxy) is 1. The second kappa shape index (κ2) is 6.44. The highest BCUT2D eigenvalue weighted by atomic mass is 16.5. The predicted octanol–water partition coefficient (Wildman–Crippen LogP) is 3.24. The Kier molecular flexibility index (Phi) is 5.04. The van der Waals surface area contributed by atoms with Crippen LogP contribution in [0.15, 0.2) is 4.52 Å². The molecule has 5 nitrogen and oxygen atoms in total. The van der Waals surface area contributed by atoms with E-state index in [1.807, 2.05) is 0 Å². The van der Waals surface area contributed by atoms with Crippen LogP contribution in [0.25, 0.3) is 0 Å². The van der Waals surface area contributed by atoms with Gasteiger partial charge < -0.3 is 14.4 Å². The van der Waals surface area contributed by atoms with Crippen LogP contribution in [0, 0.1) is 11.8 Å². The van der Waals surface area contributed by atoms with Crippen LogP contribution >= 0.6 is 0 Å². The van der Waals surface area contributed by atoms with Gasteiger partial charge in [-0.1, -0.05) is 32.3 Å². The highest BCUT2D eigenvalue weighted by Gasteiger charge is 2.41. The number of hydrogen-bond donors (Lipinski definition) is 1. The minimum Gasteiger partial charge on any atom is -0.393 e. The van der Waals surface area contributed by atoms with Crippen LogP contribution in [0.5, 0.6) is 0 Å². The van der Waals surface area contributed by atoms with Gasteiger partial charge in [0.2, 0.25) is 11.7 Å². The molecule has 4 atom stereocenters. The Balaban J connectivity index is 2.29. The Morgan fingerprint density at radius 1 is 1.38 bits per heavy atom. The van der Waals surface area contributed by atoms with Crippen LogP contribution in [0.4, 0.5) is 0 Å². The van der Waals surface area contributed by atoms with E-state index in [9.17, 15) is 5.11 Å². The second-order valence-corrected chi connectivity index (χ2v) is 6.87. The molecule has 0 spiro atoms. The van der Waals surface area contributed by atoms with Gasteiger partial charge in [-0.05, 0) is 38.0 Å². The molecule has 0 radical (unpaired) electrons. The first-order chi connectivity index (χ1) is 9.89. The van der Waals surface area contributed by atoms with E-state index in [-0.39, 0.29) is 11.8 Å². The van der Waals surface area contributed by atoms with Crippen molar-refractivity contribution >= 4 is 0 Å². The van der Waals surface area contributed by atoms with E-state index in [0.29, 0.717) is 17.6 Å². The Hall–Kier alpha value is -0.940. The van der Waals surface area contributed by atoms with Crippen LogP contribution in [0.1, 0.15) is 71.0 Å². The van der Waals surface area contributed by atoms with Crippen LogP contribution in [0.3, 0.4) is 0 Å². The number of hydrogen-bond acceptors (Lipinski definition) is 5.